The summed E-state index contributed by atoms with van der Waals surface area (Å²) in [4.78, 5) is 25.7. The molecular formula is C46H58FeO4. The summed E-state index contributed by atoms with van der Waals surface area (Å²) in [6.07, 6.45) is 15.0. The van der Waals surface area contributed by atoms with Gasteiger partial charge in [0.1, 0.15) is 12.2 Å². The van der Waals surface area contributed by atoms with Gasteiger partial charge < -0.3 is 9.47 Å². The predicted octanol–water partition coefficient (Wildman–Crippen LogP) is 10.4. The molecule has 6 rings (SSSR count). The molecule has 5 heteroatoms. The van der Waals surface area contributed by atoms with Gasteiger partial charge in [-0.3, -0.25) is 9.59 Å². The molecule has 0 saturated heterocycles. The Morgan fingerprint density at radius 3 is 1.25 bits per heavy atom. The van der Waals surface area contributed by atoms with Crippen molar-refractivity contribution in [3.63, 3.8) is 0 Å². The minimum Gasteiger partial charge on any atom is -0.462 e. The summed E-state index contributed by atoms with van der Waals surface area (Å²) < 4.78 is 12.0. The minimum atomic E-state index is -0.163. The average Bonchev–Trinajstić information content (AvgIpc) is 3.68. The molecule has 2 aromatic rings. The third-order valence-corrected chi connectivity index (χ3v) is 11.3. The molecule has 0 heterocycles. The Balaban J connectivity index is 0.000000224. The maximum atomic E-state index is 12.8. The number of rotatable bonds is 8. The zero-order valence-electron chi connectivity index (χ0n) is 31.9. The summed E-state index contributed by atoms with van der Waals surface area (Å²) in [7, 11) is 0. The fourth-order valence-corrected chi connectivity index (χ4v) is 8.18. The van der Waals surface area contributed by atoms with Crippen molar-refractivity contribution in [2.45, 2.75) is 106 Å². The second-order valence-electron chi connectivity index (χ2n) is 16.0. The normalized spacial score (nSPS) is 28.7. The standard InChI is InChI=1S/2C23H29O2.Fe/c2*1-15(2)20-11-10-16(3)12-22(20)25-23(24)21-14-19(13-17(21)4)18-8-6-5-7-9-18;/h2*5-9,13-16,20,22H,10-12H2,1-4H3;/t2*16-,20+,22-;/m11./s1. The number of carbonyl (C=O) groups excluding carboxylic acids is 2. The Labute approximate surface area is 321 Å². The van der Waals surface area contributed by atoms with Gasteiger partial charge in [-0.1, -0.05) is 129 Å². The van der Waals surface area contributed by atoms with Gasteiger partial charge in [0, 0.05) is 28.9 Å². The molecule has 4 nitrogen and oxygen atoms in total. The van der Waals surface area contributed by atoms with Crippen molar-refractivity contribution in [1.82, 2.24) is 0 Å². The summed E-state index contributed by atoms with van der Waals surface area (Å²) in [5.41, 5.74) is 2.27. The third kappa shape index (κ3) is 11.0. The number of benzene rings is 2. The van der Waals surface area contributed by atoms with Gasteiger partial charge in [0.2, 0.25) is 0 Å². The number of ether oxygens (including phenoxy) is 2. The van der Waals surface area contributed by atoms with E-state index in [4.69, 9.17) is 9.47 Å². The maximum absolute atomic E-state index is 12.8. The van der Waals surface area contributed by atoms with Gasteiger partial charge in [0.05, 0.1) is 11.8 Å². The van der Waals surface area contributed by atoms with Crippen LogP contribution in [0.2, 0.25) is 0 Å². The number of hydrogen-bond acceptors (Lipinski definition) is 4. The van der Waals surface area contributed by atoms with Crippen LogP contribution in [-0.4, -0.2) is 24.1 Å². The summed E-state index contributed by atoms with van der Waals surface area (Å²) >= 11 is 0. The minimum absolute atomic E-state index is 0. The smallest absolute Gasteiger partial charge is 0.314 e. The Morgan fingerprint density at radius 2 is 0.922 bits per heavy atom. The first kappa shape index (κ1) is 41.7. The van der Waals surface area contributed by atoms with Crippen molar-refractivity contribution in [1.29, 1.82) is 0 Å². The number of hydrogen-bond donors (Lipinski definition) is 0. The van der Waals surface area contributed by atoms with Gasteiger partial charge in [-0.05, 0) is 110 Å². The molecule has 4 aliphatic rings. The van der Waals surface area contributed by atoms with Gasteiger partial charge in [-0.2, -0.15) is 0 Å². The van der Waals surface area contributed by atoms with E-state index in [2.05, 4.69) is 78.6 Å². The van der Waals surface area contributed by atoms with Crippen LogP contribution in [0.25, 0.3) is 0 Å². The second-order valence-corrected chi connectivity index (χ2v) is 16.0. The summed E-state index contributed by atoms with van der Waals surface area (Å²) in [5, 5.41) is 0. The molecule has 0 amide bonds. The van der Waals surface area contributed by atoms with E-state index in [-0.39, 0.29) is 41.2 Å². The number of carbonyl (C=O) groups is 2. The first-order valence-electron chi connectivity index (χ1n) is 19.0. The van der Waals surface area contributed by atoms with Crippen LogP contribution in [0.4, 0.5) is 0 Å². The van der Waals surface area contributed by atoms with E-state index in [0.29, 0.717) is 47.3 Å². The van der Waals surface area contributed by atoms with Crippen LogP contribution in [0.3, 0.4) is 0 Å². The molecule has 0 N–H and O–H groups in total. The van der Waals surface area contributed by atoms with Gasteiger partial charge in [0.25, 0.3) is 0 Å². The maximum Gasteiger partial charge on any atom is 0.314 e. The van der Waals surface area contributed by atoms with Gasteiger partial charge in [0.15, 0.2) is 0 Å². The molecule has 0 unspecified atom stereocenters. The molecular weight excluding hydrogens is 672 g/mol. The Bertz CT molecular complexity index is 1240. The molecule has 274 valence electrons. The Hall–Kier alpha value is -2.10. The third-order valence-electron chi connectivity index (χ3n) is 11.3. The van der Waals surface area contributed by atoms with Crippen molar-refractivity contribution < 1.29 is 36.1 Å². The average molecular weight is 731 g/mol. The molecule has 2 aromatic carbocycles. The quantitative estimate of drug-likeness (QED) is 0.200. The monoisotopic (exact) mass is 730 g/mol. The van der Waals surface area contributed by atoms with Gasteiger partial charge >= 0.3 is 11.9 Å². The first-order valence-corrected chi connectivity index (χ1v) is 19.0. The van der Waals surface area contributed by atoms with Crippen molar-refractivity contribution in [3.8, 4) is 0 Å². The van der Waals surface area contributed by atoms with Crippen LogP contribution < -0.4 is 0 Å². The largest absolute Gasteiger partial charge is 0.462 e. The molecule has 51 heavy (non-hydrogen) atoms. The van der Waals surface area contributed by atoms with Crippen molar-refractivity contribution in [2.24, 2.45) is 35.5 Å². The summed E-state index contributed by atoms with van der Waals surface area (Å²) in [6.45, 7) is 17.5. The van der Waals surface area contributed by atoms with Crippen LogP contribution in [0.1, 0.15) is 105 Å². The van der Waals surface area contributed by atoms with Gasteiger partial charge in [-0.25, -0.2) is 0 Å². The van der Waals surface area contributed by atoms with Crippen molar-refractivity contribution in [3.05, 3.63) is 133 Å². The fraction of sp³-hybridized carbons (Fsp3) is 0.478. The van der Waals surface area contributed by atoms with Crippen LogP contribution in [0.15, 0.2) is 60.7 Å². The molecule has 0 bridgehead atoms. The second kappa shape index (κ2) is 19.3. The van der Waals surface area contributed by atoms with E-state index in [9.17, 15) is 9.59 Å². The van der Waals surface area contributed by atoms with Crippen molar-refractivity contribution >= 4 is 11.9 Å². The van der Waals surface area contributed by atoms with Crippen LogP contribution >= 0.6 is 0 Å². The van der Waals surface area contributed by atoms with E-state index in [1.165, 1.54) is 12.8 Å². The molecule has 4 aliphatic carbocycles. The summed E-state index contributed by atoms with van der Waals surface area (Å²) in [6, 6.07) is 20.4. The zero-order chi connectivity index (χ0) is 35.9. The van der Waals surface area contributed by atoms with Crippen LogP contribution in [0, 0.1) is 96.7 Å². The molecule has 10 radical (unpaired) electrons. The zero-order valence-corrected chi connectivity index (χ0v) is 33.0. The van der Waals surface area contributed by atoms with Crippen molar-refractivity contribution in [2.75, 3.05) is 0 Å². The van der Waals surface area contributed by atoms with E-state index in [1.807, 2.05) is 63.1 Å². The Morgan fingerprint density at radius 1 is 0.569 bits per heavy atom. The molecule has 6 atom stereocenters. The molecule has 4 fully saturated rings. The molecule has 0 aromatic heterocycles. The first-order chi connectivity index (χ1) is 23.9. The van der Waals surface area contributed by atoms with E-state index in [1.54, 1.807) is 0 Å². The SMILES string of the molecule is C[C]1[CH][C](c2ccccc2)[CH][C]1C(=O)O[C@@H]1C[C@H](C)CC[C@H]1C(C)C.C[C]1[CH][C](c2ccccc2)[CH][C]1C(=O)O[C@@H]1C[C@H](C)CC[C@H]1C(C)C.[Fe]. The molecule has 0 spiro atoms. The van der Waals surface area contributed by atoms with Crippen LogP contribution in [-0.2, 0) is 36.1 Å². The van der Waals surface area contributed by atoms with Crippen LogP contribution in [0.5, 0.6) is 0 Å². The van der Waals surface area contributed by atoms with E-state index < -0.39 is 0 Å². The molecule has 0 aliphatic heterocycles. The fourth-order valence-electron chi connectivity index (χ4n) is 8.18. The van der Waals surface area contributed by atoms with Gasteiger partial charge in [-0.15, -0.1) is 0 Å². The molecule has 4 saturated carbocycles. The van der Waals surface area contributed by atoms with E-state index in [0.717, 1.165) is 60.5 Å². The topological polar surface area (TPSA) is 52.6 Å². The predicted molar refractivity (Wildman–Crippen MR) is 202 cm³/mol. The number of esters is 2. The van der Waals surface area contributed by atoms with E-state index >= 15 is 0 Å². The Kier molecular flexibility index (Phi) is 15.8. The summed E-state index contributed by atoms with van der Waals surface area (Å²) in [5.74, 6) is 8.56.